The summed E-state index contributed by atoms with van der Waals surface area (Å²) in [6.45, 7) is 2.39. The summed E-state index contributed by atoms with van der Waals surface area (Å²) in [6.07, 6.45) is 0. The first-order valence-electron chi connectivity index (χ1n) is 6.15. The Kier molecular flexibility index (Phi) is 6.10. The molecule has 0 bridgehead atoms. The summed E-state index contributed by atoms with van der Waals surface area (Å²) in [7, 11) is 0. The molecule has 6 heteroatoms. The average molecular weight is 429 g/mol. The zero-order valence-electron chi connectivity index (χ0n) is 11.0. The Morgan fingerprint density at radius 3 is 2.48 bits per heavy atom. The minimum atomic E-state index is -0.504. The lowest BCUT2D eigenvalue weighted by Crippen LogP contribution is -1.98. The van der Waals surface area contributed by atoms with Crippen molar-refractivity contribution in [2.75, 3.05) is 6.61 Å². The van der Waals surface area contributed by atoms with E-state index in [1.54, 1.807) is 12.1 Å². The summed E-state index contributed by atoms with van der Waals surface area (Å²) in [4.78, 5) is 0. The summed E-state index contributed by atoms with van der Waals surface area (Å²) in [6, 6.07) is 8.95. The Morgan fingerprint density at radius 2 is 1.81 bits per heavy atom. The molecule has 0 aliphatic carbocycles. The molecule has 0 saturated carbocycles. The van der Waals surface area contributed by atoms with Crippen molar-refractivity contribution in [3.8, 4) is 5.75 Å². The van der Waals surface area contributed by atoms with Crippen molar-refractivity contribution in [3.05, 3.63) is 61.0 Å². The third-order valence-corrected chi connectivity index (χ3v) is 5.28. The molecule has 1 nitrogen and oxygen atoms in total. The van der Waals surface area contributed by atoms with Gasteiger partial charge in [-0.15, -0.1) is 11.6 Å². The van der Waals surface area contributed by atoms with Crippen LogP contribution in [0.15, 0.2) is 34.8 Å². The molecule has 0 saturated heterocycles. The molecule has 0 fully saturated rings. The second kappa shape index (κ2) is 7.43. The SMILES string of the molecule is CCOc1cc(Cl)c(C(Cl)c2cccc(Br)c2Cl)cc1Cl. The minimum Gasteiger partial charge on any atom is -0.492 e. The maximum Gasteiger partial charge on any atom is 0.139 e. The van der Waals surface area contributed by atoms with Crippen molar-refractivity contribution in [1.82, 2.24) is 0 Å². The van der Waals surface area contributed by atoms with Crippen molar-refractivity contribution in [2.45, 2.75) is 12.3 Å². The highest BCUT2D eigenvalue weighted by Gasteiger charge is 2.20. The normalized spacial score (nSPS) is 12.3. The summed E-state index contributed by atoms with van der Waals surface area (Å²) in [5.41, 5.74) is 1.45. The predicted octanol–water partition coefficient (Wildman–Crippen LogP) is 7.14. The number of rotatable bonds is 4. The number of halogens is 5. The van der Waals surface area contributed by atoms with E-state index < -0.39 is 5.38 Å². The van der Waals surface area contributed by atoms with E-state index >= 15 is 0 Å². The van der Waals surface area contributed by atoms with Gasteiger partial charge < -0.3 is 4.74 Å². The van der Waals surface area contributed by atoms with Gasteiger partial charge in [0, 0.05) is 15.6 Å². The molecule has 21 heavy (non-hydrogen) atoms. The number of hydrogen-bond acceptors (Lipinski definition) is 1. The van der Waals surface area contributed by atoms with Gasteiger partial charge in [-0.3, -0.25) is 0 Å². The monoisotopic (exact) mass is 426 g/mol. The summed E-state index contributed by atoms with van der Waals surface area (Å²) in [5.74, 6) is 0.539. The van der Waals surface area contributed by atoms with Crippen LogP contribution in [0, 0.1) is 0 Å². The lowest BCUT2D eigenvalue weighted by molar-refractivity contribution is 0.340. The Hall–Kier alpha value is -0.120. The molecule has 2 rings (SSSR count). The van der Waals surface area contributed by atoms with Crippen molar-refractivity contribution in [2.24, 2.45) is 0 Å². The Labute approximate surface area is 152 Å². The molecule has 0 spiro atoms. The predicted molar refractivity (Wildman–Crippen MR) is 94.5 cm³/mol. The van der Waals surface area contributed by atoms with Gasteiger partial charge in [-0.05, 0) is 46.1 Å². The Bertz CT molecular complexity index is 660. The van der Waals surface area contributed by atoms with Crippen molar-refractivity contribution < 1.29 is 4.74 Å². The fourth-order valence-electron chi connectivity index (χ4n) is 1.89. The molecule has 0 radical (unpaired) electrons. The van der Waals surface area contributed by atoms with Gasteiger partial charge in [0.25, 0.3) is 0 Å². The van der Waals surface area contributed by atoms with Crippen LogP contribution in [0.3, 0.4) is 0 Å². The first-order valence-corrected chi connectivity index (χ1v) is 8.51. The topological polar surface area (TPSA) is 9.23 Å². The molecule has 112 valence electrons. The summed E-state index contributed by atoms with van der Waals surface area (Å²) >= 11 is 28.7. The zero-order chi connectivity index (χ0) is 15.6. The van der Waals surface area contributed by atoms with Crippen molar-refractivity contribution in [1.29, 1.82) is 0 Å². The minimum absolute atomic E-state index is 0.466. The van der Waals surface area contributed by atoms with Crippen LogP contribution in [0.2, 0.25) is 15.1 Å². The zero-order valence-corrected chi connectivity index (χ0v) is 15.6. The van der Waals surface area contributed by atoms with E-state index in [2.05, 4.69) is 15.9 Å². The highest BCUT2D eigenvalue weighted by Crippen LogP contribution is 2.42. The third kappa shape index (κ3) is 3.80. The molecule has 0 heterocycles. The molecular formula is C15H11BrCl4O. The van der Waals surface area contributed by atoms with Crippen LogP contribution in [0.4, 0.5) is 0 Å². The van der Waals surface area contributed by atoms with Gasteiger partial charge in [-0.2, -0.15) is 0 Å². The molecule has 2 aromatic carbocycles. The maximum atomic E-state index is 6.53. The molecule has 0 aliphatic rings. The van der Waals surface area contributed by atoms with Gasteiger partial charge in [-0.25, -0.2) is 0 Å². The highest BCUT2D eigenvalue weighted by molar-refractivity contribution is 9.10. The van der Waals surface area contributed by atoms with Gasteiger partial charge in [0.15, 0.2) is 0 Å². The van der Waals surface area contributed by atoms with Gasteiger partial charge in [0.05, 0.1) is 22.0 Å². The molecule has 1 unspecified atom stereocenters. The summed E-state index contributed by atoms with van der Waals surface area (Å²) in [5, 5.41) is 1.00. The quantitative estimate of drug-likeness (QED) is 0.470. The van der Waals surface area contributed by atoms with Gasteiger partial charge in [-0.1, -0.05) is 46.9 Å². The molecule has 0 aromatic heterocycles. The number of hydrogen-bond donors (Lipinski definition) is 0. The standard InChI is InChI=1S/C15H11BrCl4O/c1-2-21-13-7-11(17)9(6-12(13)18)14(19)8-4-3-5-10(16)15(8)20/h3-7,14H,2H2,1H3. The molecule has 1 atom stereocenters. The fourth-order valence-corrected chi connectivity index (χ4v) is 3.47. The lowest BCUT2D eigenvalue weighted by Gasteiger charge is -2.16. The van der Waals surface area contributed by atoms with E-state index in [9.17, 15) is 0 Å². The number of benzene rings is 2. The van der Waals surface area contributed by atoms with Crippen molar-refractivity contribution >= 4 is 62.3 Å². The van der Waals surface area contributed by atoms with Crippen LogP contribution in [0.1, 0.15) is 23.4 Å². The first kappa shape index (κ1) is 17.2. The first-order chi connectivity index (χ1) is 9.95. The van der Waals surface area contributed by atoms with Crippen LogP contribution in [0.25, 0.3) is 0 Å². The van der Waals surface area contributed by atoms with Crippen molar-refractivity contribution in [3.63, 3.8) is 0 Å². The Morgan fingerprint density at radius 1 is 1.10 bits per heavy atom. The lowest BCUT2D eigenvalue weighted by atomic mass is 10.0. The smallest absolute Gasteiger partial charge is 0.139 e. The average Bonchev–Trinajstić information content (AvgIpc) is 2.45. The van der Waals surface area contributed by atoms with Gasteiger partial charge in [0.1, 0.15) is 5.75 Å². The second-order valence-electron chi connectivity index (χ2n) is 4.24. The highest BCUT2D eigenvalue weighted by atomic mass is 79.9. The Balaban J connectivity index is 2.46. The summed E-state index contributed by atoms with van der Waals surface area (Å²) < 4.78 is 6.19. The molecule has 0 amide bonds. The van der Waals surface area contributed by atoms with Crippen LogP contribution < -0.4 is 4.74 Å². The van der Waals surface area contributed by atoms with Gasteiger partial charge in [0.2, 0.25) is 0 Å². The second-order valence-corrected chi connectivity index (χ2v) is 6.73. The third-order valence-electron chi connectivity index (χ3n) is 2.88. The van der Waals surface area contributed by atoms with Crippen LogP contribution in [0.5, 0.6) is 5.75 Å². The van der Waals surface area contributed by atoms with E-state index in [4.69, 9.17) is 51.1 Å². The molecular weight excluding hydrogens is 418 g/mol. The largest absolute Gasteiger partial charge is 0.492 e. The van der Waals surface area contributed by atoms with E-state index in [-0.39, 0.29) is 0 Å². The van der Waals surface area contributed by atoms with Gasteiger partial charge >= 0.3 is 0 Å². The molecule has 0 aliphatic heterocycles. The molecule has 0 N–H and O–H groups in total. The number of ether oxygens (including phenoxy) is 1. The van der Waals surface area contributed by atoms with Crippen LogP contribution in [-0.4, -0.2) is 6.61 Å². The fraction of sp³-hybridized carbons (Fsp3) is 0.200. The van der Waals surface area contributed by atoms with E-state index in [0.717, 1.165) is 10.0 Å². The number of alkyl halides is 1. The molecule has 2 aromatic rings. The maximum absolute atomic E-state index is 6.53. The van der Waals surface area contributed by atoms with E-state index in [0.29, 0.717) is 33.0 Å². The van der Waals surface area contributed by atoms with E-state index in [1.807, 2.05) is 25.1 Å². The van der Waals surface area contributed by atoms with Crippen LogP contribution >= 0.6 is 62.3 Å². The van der Waals surface area contributed by atoms with E-state index in [1.165, 1.54) is 0 Å². The van der Waals surface area contributed by atoms with Crippen LogP contribution in [-0.2, 0) is 0 Å².